The second-order valence-electron chi connectivity index (χ2n) is 6.97. The van der Waals surface area contributed by atoms with Gasteiger partial charge in [-0.3, -0.25) is 4.79 Å². The van der Waals surface area contributed by atoms with Crippen LogP contribution in [0.4, 0.5) is 5.69 Å². The maximum atomic E-state index is 11.3. The quantitative estimate of drug-likeness (QED) is 0.425. The molecule has 0 aliphatic carbocycles. The highest BCUT2D eigenvalue weighted by atomic mass is 32.2. The molecule has 1 amide bonds. The molecule has 8 nitrogen and oxygen atoms in total. The van der Waals surface area contributed by atoms with Crippen LogP contribution in [0, 0.1) is 6.92 Å². The van der Waals surface area contributed by atoms with Crippen molar-refractivity contribution in [3.05, 3.63) is 60.0 Å². The number of aryl methyl sites for hydroxylation is 1. The van der Waals surface area contributed by atoms with Crippen LogP contribution < -0.4 is 5.32 Å². The summed E-state index contributed by atoms with van der Waals surface area (Å²) in [7, 11) is 0. The summed E-state index contributed by atoms with van der Waals surface area (Å²) in [4.78, 5) is 11.3. The van der Waals surface area contributed by atoms with Crippen LogP contribution in [-0.4, -0.2) is 30.9 Å². The SMILES string of the molecule is CCn1c(SCc2nnc(-c3cccc(C)c3)o2)nnc1-c1cccc(NC(C)=O)c1. The van der Waals surface area contributed by atoms with Gasteiger partial charge in [-0.25, -0.2) is 0 Å². The maximum absolute atomic E-state index is 11.3. The highest BCUT2D eigenvalue weighted by Gasteiger charge is 2.16. The summed E-state index contributed by atoms with van der Waals surface area (Å²) >= 11 is 1.49. The Morgan fingerprint density at radius 3 is 2.65 bits per heavy atom. The van der Waals surface area contributed by atoms with Gasteiger partial charge in [0.25, 0.3) is 0 Å². The van der Waals surface area contributed by atoms with Crippen LogP contribution in [0.5, 0.6) is 0 Å². The molecule has 0 unspecified atom stereocenters. The van der Waals surface area contributed by atoms with Gasteiger partial charge in [-0.05, 0) is 38.1 Å². The van der Waals surface area contributed by atoms with Crippen LogP contribution in [-0.2, 0) is 17.1 Å². The van der Waals surface area contributed by atoms with Crippen molar-refractivity contribution in [3.8, 4) is 22.8 Å². The zero-order chi connectivity index (χ0) is 21.8. The van der Waals surface area contributed by atoms with E-state index < -0.39 is 0 Å². The van der Waals surface area contributed by atoms with Crippen molar-refractivity contribution >= 4 is 23.4 Å². The Morgan fingerprint density at radius 2 is 1.87 bits per heavy atom. The zero-order valence-electron chi connectivity index (χ0n) is 17.5. The minimum absolute atomic E-state index is 0.116. The van der Waals surface area contributed by atoms with Crippen LogP contribution in [0.25, 0.3) is 22.8 Å². The number of carbonyl (C=O) groups excluding carboxylic acids is 1. The number of rotatable bonds is 7. The fourth-order valence-electron chi connectivity index (χ4n) is 3.17. The van der Waals surface area contributed by atoms with E-state index in [1.165, 1.54) is 18.7 Å². The molecule has 2 heterocycles. The number of thioether (sulfide) groups is 1. The number of hydrogen-bond acceptors (Lipinski definition) is 7. The Morgan fingerprint density at radius 1 is 1.06 bits per heavy atom. The largest absolute Gasteiger partial charge is 0.420 e. The van der Waals surface area contributed by atoms with Crippen LogP contribution in [0.1, 0.15) is 25.3 Å². The molecule has 0 aliphatic heterocycles. The number of aromatic nitrogens is 5. The zero-order valence-corrected chi connectivity index (χ0v) is 18.3. The molecule has 0 spiro atoms. The van der Waals surface area contributed by atoms with E-state index in [1.54, 1.807) is 0 Å². The Labute approximate surface area is 184 Å². The molecule has 0 saturated heterocycles. The molecule has 9 heteroatoms. The first kappa shape index (κ1) is 20.8. The van der Waals surface area contributed by atoms with Crippen LogP contribution >= 0.6 is 11.8 Å². The van der Waals surface area contributed by atoms with Crippen molar-refractivity contribution in [2.45, 2.75) is 38.2 Å². The first-order chi connectivity index (χ1) is 15.0. The summed E-state index contributed by atoms with van der Waals surface area (Å²) in [5, 5.41) is 20.6. The average Bonchev–Trinajstić information content (AvgIpc) is 3.39. The molecule has 0 aliphatic rings. The van der Waals surface area contributed by atoms with Crippen molar-refractivity contribution in [2.75, 3.05) is 5.32 Å². The van der Waals surface area contributed by atoms with E-state index in [1.807, 2.05) is 66.9 Å². The van der Waals surface area contributed by atoms with Crippen LogP contribution in [0.15, 0.2) is 58.1 Å². The van der Waals surface area contributed by atoms with Gasteiger partial charge in [0.1, 0.15) is 0 Å². The molecule has 0 bridgehead atoms. The number of hydrogen-bond donors (Lipinski definition) is 1. The maximum Gasteiger partial charge on any atom is 0.247 e. The molecule has 31 heavy (non-hydrogen) atoms. The van der Waals surface area contributed by atoms with Gasteiger partial charge in [-0.2, -0.15) is 0 Å². The predicted molar refractivity (Wildman–Crippen MR) is 119 cm³/mol. The number of carbonyl (C=O) groups is 1. The Kier molecular flexibility index (Phi) is 6.13. The third kappa shape index (κ3) is 4.83. The summed E-state index contributed by atoms with van der Waals surface area (Å²) in [6, 6.07) is 15.5. The summed E-state index contributed by atoms with van der Waals surface area (Å²) in [5.41, 5.74) is 3.64. The van der Waals surface area contributed by atoms with Crippen molar-refractivity contribution in [1.29, 1.82) is 0 Å². The molecule has 0 saturated carbocycles. The second-order valence-corrected chi connectivity index (χ2v) is 7.91. The van der Waals surface area contributed by atoms with Gasteiger partial charge in [-0.1, -0.05) is 41.6 Å². The Hall–Kier alpha value is -3.46. The number of nitrogens with zero attached hydrogens (tertiary/aromatic N) is 5. The summed E-state index contributed by atoms with van der Waals surface area (Å²) in [6.45, 7) is 6.25. The minimum Gasteiger partial charge on any atom is -0.420 e. The topological polar surface area (TPSA) is 98.7 Å². The van der Waals surface area contributed by atoms with Gasteiger partial charge in [0.2, 0.25) is 17.7 Å². The minimum atomic E-state index is -0.116. The van der Waals surface area contributed by atoms with Gasteiger partial charge in [0, 0.05) is 30.3 Å². The molecule has 2 aromatic heterocycles. The van der Waals surface area contributed by atoms with E-state index in [4.69, 9.17) is 4.42 Å². The number of anilines is 1. The molecule has 2 aromatic carbocycles. The summed E-state index contributed by atoms with van der Waals surface area (Å²) < 4.78 is 7.85. The number of amides is 1. The van der Waals surface area contributed by atoms with Gasteiger partial charge in [0.15, 0.2) is 11.0 Å². The Balaban J connectivity index is 1.51. The number of benzene rings is 2. The second kappa shape index (κ2) is 9.13. The fraction of sp³-hybridized carbons (Fsp3) is 0.227. The van der Waals surface area contributed by atoms with Gasteiger partial charge in [-0.15, -0.1) is 20.4 Å². The molecule has 0 fully saturated rings. The van der Waals surface area contributed by atoms with Crippen LogP contribution in [0.3, 0.4) is 0 Å². The lowest BCUT2D eigenvalue weighted by atomic mass is 10.1. The third-order valence-corrected chi connectivity index (χ3v) is 5.48. The lowest BCUT2D eigenvalue weighted by Crippen LogP contribution is -2.06. The Bertz CT molecular complexity index is 1220. The molecule has 158 valence electrons. The normalized spacial score (nSPS) is 10.9. The molecular weight excluding hydrogens is 412 g/mol. The smallest absolute Gasteiger partial charge is 0.247 e. The average molecular weight is 435 g/mol. The lowest BCUT2D eigenvalue weighted by Gasteiger charge is -2.08. The molecule has 4 rings (SSSR count). The predicted octanol–water partition coefficient (Wildman–Crippen LogP) is 4.57. The molecule has 0 radical (unpaired) electrons. The van der Waals surface area contributed by atoms with Gasteiger partial charge < -0.3 is 14.3 Å². The van der Waals surface area contributed by atoms with E-state index in [0.717, 1.165) is 33.4 Å². The first-order valence-corrected chi connectivity index (χ1v) is 10.9. The highest BCUT2D eigenvalue weighted by Crippen LogP contribution is 2.28. The van der Waals surface area contributed by atoms with E-state index in [2.05, 4.69) is 25.7 Å². The van der Waals surface area contributed by atoms with E-state index in [-0.39, 0.29) is 5.91 Å². The first-order valence-electron chi connectivity index (χ1n) is 9.87. The van der Waals surface area contributed by atoms with Crippen LogP contribution in [0.2, 0.25) is 0 Å². The van der Waals surface area contributed by atoms with E-state index >= 15 is 0 Å². The van der Waals surface area contributed by atoms with Crippen molar-refractivity contribution in [2.24, 2.45) is 0 Å². The van der Waals surface area contributed by atoms with Crippen molar-refractivity contribution in [3.63, 3.8) is 0 Å². The van der Waals surface area contributed by atoms with Gasteiger partial charge >= 0.3 is 0 Å². The van der Waals surface area contributed by atoms with Crippen molar-refractivity contribution < 1.29 is 9.21 Å². The van der Waals surface area contributed by atoms with Crippen molar-refractivity contribution in [1.82, 2.24) is 25.0 Å². The third-order valence-electron chi connectivity index (χ3n) is 4.53. The summed E-state index contributed by atoms with van der Waals surface area (Å²) in [5.74, 6) is 2.15. The van der Waals surface area contributed by atoms with E-state index in [9.17, 15) is 4.79 Å². The molecular formula is C22H22N6O2S. The molecule has 4 aromatic rings. The standard InChI is InChI=1S/C22H22N6O2S/c1-4-28-20(16-8-6-10-18(12-16)23-15(3)29)25-27-22(28)31-13-19-24-26-21(30-19)17-9-5-7-14(2)11-17/h5-12H,4,13H2,1-3H3,(H,23,29). The lowest BCUT2D eigenvalue weighted by molar-refractivity contribution is -0.114. The molecule has 1 N–H and O–H groups in total. The molecule has 0 atom stereocenters. The van der Waals surface area contributed by atoms with Gasteiger partial charge in [0.05, 0.1) is 5.75 Å². The fourth-order valence-corrected chi connectivity index (χ4v) is 4.01. The summed E-state index contributed by atoms with van der Waals surface area (Å²) in [6.07, 6.45) is 0. The monoisotopic (exact) mass is 434 g/mol. The van der Waals surface area contributed by atoms with E-state index in [0.29, 0.717) is 24.1 Å². The highest BCUT2D eigenvalue weighted by molar-refractivity contribution is 7.98. The number of nitrogens with one attached hydrogen (secondary N) is 1.